The quantitative estimate of drug-likeness (QED) is 0.822. The first kappa shape index (κ1) is 19.1. The summed E-state index contributed by atoms with van der Waals surface area (Å²) in [5.41, 5.74) is -2.50. The molecule has 126 valence electrons. The van der Waals surface area contributed by atoms with Gasteiger partial charge in [-0.15, -0.1) is 12.4 Å². The van der Waals surface area contributed by atoms with Crippen molar-refractivity contribution in [2.45, 2.75) is 18.9 Å². The Kier molecular flexibility index (Phi) is 6.11. The number of alkyl halides is 6. The number of nitrogens with zero attached hydrogens (tertiary/aromatic N) is 1. The Labute approximate surface area is 129 Å². The smallest absolute Gasteiger partial charge is 0.314 e. The Balaban J connectivity index is 0.00000242. The third-order valence-electron chi connectivity index (χ3n) is 3.26. The molecule has 1 aliphatic heterocycles. The summed E-state index contributed by atoms with van der Waals surface area (Å²) < 4.78 is 76.3. The first-order valence-electron chi connectivity index (χ1n) is 6.38. The van der Waals surface area contributed by atoms with Gasteiger partial charge in [-0.05, 0) is 23.8 Å². The van der Waals surface area contributed by atoms with Crippen molar-refractivity contribution >= 4 is 12.4 Å². The van der Waals surface area contributed by atoms with Crippen molar-refractivity contribution in [3.05, 3.63) is 34.9 Å². The zero-order chi connectivity index (χ0) is 15.7. The van der Waals surface area contributed by atoms with Crippen LogP contribution in [0.25, 0.3) is 0 Å². The van der Waals surface area contributed by atoms with Gasteiger partial charge in [-0.25, -0.2) is 0 Å². The van der Waals surface area contributed by atoms with E-state index in [1.807, 2.05) is 4.90 Å². The van der Waals surface area contributed by atoms with E-state index in [0.717, 1.165) is 12.1 Å². The van der Waals surface area contributed by atoms with Gasteiger partial charge in [0, 0.05) is 32.7 Å². The molecule has 1 aromatic carbocycles. The van der Waals surface area contributed by atoms with E-state index in [4.69, 9.17) is 0 Å². The number of nitrogens with one attached hydrogen (secondary N) is 1. The summed E-state index contributed by atoms with van der Waals surface area (Å²) in [4.78, 5) is 1.83. The van der Waals surface area contributed by atoms with Crippen molar-refractivity contribution in [3.63, 3.8) is 0 Å². The molecule has 1 aliphatic rings. The lowest BCUT2D eigenvalue weighted by atomic mass is 10.0. The molecule has 1 saturated heterocycles. The largest absolute Gasteiger partial charge is 0.416 e. The monoisotopic (exact) mass is 348 g/mol. The minimum absolute atomic E-state index is 0. The molecule has 1 fully saturated rings. The fourth-order valence-electron chi connectivity index (χ4n) is 2.24. The lowest BCUT2D eigenvalue weighted by Crippen LogP contribution is -2.42. The van der Waals surface area contributed by atoms with Crippen LogP contribution >= 0.6 is 12.4 Å². The number of rotatable bonds is 2. The van der Waals surface area contributed by atoms with Crippen LogP contribution in [0.2, 0.25) is 0 Å². The Morgan fingerprint density at radius 3 is 1.73 bits per heavy atom. The maximum atomic E-state index is 12.7. The summed E-state index contributed by atoms with van der Waals surface area (Å²) in [6, 6.07) is 1.73. The third kappa shape index (κ3) is 5.03. The van der Waals surface area contributed by atoms with Crippen LogP contribution in [0.3, 0.4) is 0 Å². The highest BCUT2D eigenvalue weighted by atomic mass is 35.5. The molecule has 0 atom stereocenters. The lowest BCUT2D eigenvalue weighted by molar-refractivity contribution is -0.143. The average molecular weight is 349 g/mol. The van der Waals surface area contributed by atoms with Gasteiger partial charge in [0.15, 0.2) is 0 Å². The third-order valence-corrected chi connectivity index (χ3v) is 3.26. The molecule has 0 radical (unpaired) electrons. The fraction of sp³-hybridized carbons (Fsp3) is 0.538. The first-order chi connectivity index (χ1) is 9.66. The second-order valence-electron chi connectivity index (χ2n) is 4.94. The molecular weight excluding hydrogens is 334 g/mol. The van der Waals surface area contributed by atoms with Gasteiger partial charge >= 0.3 is 12.4 Å². The molecule has 0 unspecified atom stereocenters. The fourth-order valence-corrected chi connectivity index (χ4v) is 2.24. The minimum atomic E-state index is -4.79. The summed E-state index contributed by atoms with van der Waals surface area (Å²) in [6.07, 6.45) is -9.58. The number of piperazine rings is 1. The SMILES string of the molecule is Cl.FC(F)(F)c1cc(CN2CCNCC2)cc(C(F)(F)F)c1. The van der Waals surface area contributed by atoms with Gasteiger partial charge in [-0.2, -0.15) is 26.3 Å². The lowest BCUT2D eigenvalue weighted by Gasteiger charge is -2.27. The highest BCUT2D eigenvalue weighted by Crippen LogP contribution is 2.36. The van der Waals surface area contributed by atoms with Crippen molar-refractivity contribution in [3.8, 4) is 0 Å². The summed E-state index contributed by atoms with van der Waals surface area (Å²) in [5.74, 6) is 0. The van der Waals surface area contributed by atoms with E-state index >= 15 is 0 Å². The van der Waals surface area contributed by atoms with E-state index < -0.39 is 23.5 Å². The first-order valence-corrected chi connectivity index (χ1v) is 6.38. The highest BCUT2D eigenvalue weighted by molar-refractivity contribution is 5.85. The van der Waals surface area contributed by atoms with Gasteiger partial charge in [0.1, 0.15) is 0 Å². The van der Waals surface area contributed by atoms with Gasteiger partial charge in [0.05, 0.1) is 11.1 Å². The molecule has 2 rings (SSSR count). The second-order valence-corrected chi connectivity index (χ2v) is 4.94. The molecule has 0 bridgehead atoms. The Hall–Kier alpha value is -0.990. The van der Waals surface area contributed by atoms with E-state index in [9.17, 15) is 26.3 Å². The minimum Gasteiger partial charge on any atom is -0.314 e. The van der Waals surface area contributed by atoms with Crippen molar-refractivity contribution in [2.24, 2.45) is 0 Å². The average Bonchev–Trinajstić information content (AvgIpc) is 2.37. The molecule has 0 aromatic heterocycles. The molecule has 1 aromatic rings. The van der Waals surface area contributed by atoms with Gasteiger partial charge in [-0.1, -0.05) is 0 Å². The van der Waals surface area contributed by atoms with Crippen LogP contribution in [0.1, 0.15) is 16.7 Å². The number of halogens is 7. The van der Waals surface area contributed by atoms with Crippen LogP contribution in [0.4, 0.5) is 26.3 Å². The van der Waals surface area contributed by atoms with Gasteiger partial charge in [0.2, 0.25) is 0 Å². The molecule has 0 aliphatic carbocycles. The van der Waals surface area contributed by atoms with Crippen LogP contribution in [0.15, 0.2) is 18.2 Å². The van der Waals surface area contributed by atoms with E-state index in [-0.39, 0.29) is 30.6 Å². The van der Waals surface area contributed by atoms with Crippen LogP contribution < -0.4 is 5.32 Å². The van der Waals surface area contributed by atoms with Gasteiger partial charge in [-0.3, -0.25) is 4.90 Å². The van der Waals surface area contributed by atoms with E-state index in [2.05, 4.69) is 5.32 Å². The number of benzene rings is 1. The number of hydrogen-bond donors (Lipinski definition) is 1. The zero-order valence-corrected chi connectivity index (χ0v) is 12.2. The molecule has 22 heavy (non-hydrogen) atoms. The molecule has 0 amide bonds. The summed E-state index contributed by atoms with van der Waals surface area (Å²) in [7, 11) is 0. The van der Waals surface area contributed by atoms with Crippen LogP contribution in [-0.2, 0) is 18.9 Å². The predicted octanol–water partition coefficient (Wildman–Crippen LogP) is 3.55. The van der Waals surface area contributed by atoms with E-state index in [1.165, 1.54) is 0 Å². The molecular formula is C13H15ClF6N2. The summed E-state index contributed by atoms with van der Waals surface area (Å²) in [5, 5.41) is 3.07. The Bertz CT molecular complexity index is 462. The molecule has 0 spiro atoms. The van der Waals surface area contributed by atoms with Crippen molar-refractivity contribution < 1.29 is 26.3 Å². The van der Waals surface area contributed by atoms with Crippen molar-refractivity contribution in [1.29, 1.82) is 0 Å². The van der Waals surface area contributed by atoms with E-state index in [1.54, 1.807) is 0 Å². The Morgan fingerprint density at radius 1 is 0.864 bits per heavy atom. The Morgan fingerprint density at radius 2 is 1.32 bits per heavy atom. The number of hydrogen-bond acceptors (Lipinski definition) is 2. The van der Waals surface area contributed by atoms with Crippen LogP contribution in [0.5, 0.6) is 0 Å². The standard InChI is InChI=1S/C13H14F6N2.ClH/c14-12(15,16)10-5-9(6-11(7-10)13(17,18)19)8-21-3-1-20-2-4-21;/h5-7,20H,1-4,8H2;1H. The topological polar surface area (TPSA) is 15.3 Å². The molecule has 0 saturated carbocycles. The molecule has 9 heteroatoms. The molecule has 1 heterocycles. The van der Waals surface area contributed by atoms with Crippen molar-refractivity contribution in [2.75, 3.05) is 26.2 Å². The summed E-state index contributed by atoms with van der Waals surface area (Å²) >= 11 is 0. The van der Waals surface area contributed by atoms with Crippen LogP contribution in [0, 0.1) is 0 Å². The highest BCUT2D eigenvalue weighted by Gasteiger charge is 2.36. The normalized spacial score (nSPS) is 17.2. The predicted molar refractivity (Wildman–Crippen MR) is 71.8 cm³/mol. The van der Waals surface area contributed by atoms with Crippen molar-refractivity contribution in [1.82, 2.24) is 10.2 Å². The van der Waals surface area contributed by atoms with Crippen LogP contribution in [-0.4, -0.2) is 31.1 Å². The molecule has 1 N–H and O–H groups in total. The summed E-state index contributed by atoms with van der Waals surface area (Å²) in [6.45, 7) is 2.61. The van der Waals surface area contributed by atoms with Gasteiger partial charge in [0.25, 0.3) is 0 Å². The second kappa shape index (κ2) is 7.06. The van der Waals surface area contributed by atoms with Gasteiger partial charge < -0.3 is 5.32 Å². The zero-order valence-electron chi connectivity index (χ0n) is 11.4. The molecule has 2 nitrogen and oxygen atoms in total. The maximum Gasteiger partial charge on any atom is 0.416 e. The maximum absolute atomic E-state index is 12.7. The van der Waals surface area contributed by atoms with E-state index in [0.29, 0.717) is 26.2 Å².